The van der Waals surface area contributed by atoms with Crippen LogP contribution < -0.4 is 5.32 Å². The van der Waals surface area contributed by atoms with Crippen molar-refractivity contribution in [2.24, 2.45) is 0 Å². The van der Waals surface area contributed by atoms with Gasteiger partial charge < -0.3 is 10.4 Å². The molecule has 0 spiro atoms. The Morgan fingerprint density at radius 3 is 2.95 bits per heavy atom. The number of thioether (sulfide) groups is 1. The molecule has 0 radical (unpaired) electrons. The average molecular weight is 307 g/mol. The number of nitrogens with one attached hydrogen (secondary N) is 1. The Balaban J connectivity index is 1.77. The van der Waals surface area contributed by atoms with Crippen molar-refractivity contribution in [3.63, 3.8) is 0 Å². The van der Waals surface area contributed by atoms with Gasteiger partial charge >= 0.3 is 0 Å². The lowest BCUT2D eigenvalue weighted by Gasteiger charge is -2.11. The van der Waals surface area contributed by atoms with E-state index >= 15 is 0 Å². The molecule has 1 amide bonds. The molecule has 0 unspecified atom stereocenters. The molecule has 106 valence electrons. The van der Waals surface area contributed by atoms with Crippen LogP contribution in [-0.2, 0) is 11.2 Å². The minimum Gasteiger partial charge on any atom is -0.508 e. The predicted octanol–water partition coefficient (Wildman–Crippen LogP) is 3.29. The van der Waals surface area contributed by atoms with E-state index in [1.54, 1.807) is 29.5 Å². The molecular weight excluding hydrogens is 290 g/mol. The number of amides is 1. The highest BCUT2D eigenvalue weighted by Crippen LogP contribution is 2.26. The van der Waals surface area contributed by atoms with Crippen LogP contribution in [0.25, 0.3) is 0 Å². The maximum absolute atomic E-state index is 12.0. The fourth-order valence-electron chi connectivity index (χ4n) is 1.72. The highest BCUT2D eigenvalue weighted by molar-refractivity contribution is 8.00. The molecule has 1 aromatic carbocycles. The van der Waals surface area contributed by atoms with Gasteiger partial charge in [0, 0.05) is 16.3 Å². The smallest absolute Gasteiger partial charge is 0.233 e. The van der Waals surface area contributed by atoms with E-state index in [-0.39, 0.29) is 16.9 Å². The highest BCUT2D eigenvalue weighted by Gasteiger charge is 2.14. The van der Waals surface area contributed by atoms with E-state index in [1.807, 2.05) is 24.4 Å². The van der Waals surface area contributed by atoms with Crippen molar-refractivity contribution in [2.75, 3.05) is 6.54 Å². The van der Waals surface area contributed by atoms with Crippen LogP contribution >= 0.6 is 23.1 Å². The number of rotatable bonds is 6. The van der Waals surface area contributed by atoms with Gasteiger partial charge in [-0.2, -0.15) is 0 Å². The summed E-state index contributed by atoms with van der Waals surface area (Å²) < 4.78 is 0. The molecule has 3 nitrogen and oxygen atoms in total. The van der Waals surface area contributed by atoms with Crippen molar-refractivity contribution < 1.29 is 9.90 Å². The SMILES string of the molecule is C[C@H](Sc1cccc(O)c1)C(=O)NCCc1cccs1. The zero-order valence-electron chi connectivity index (χ0n) is 11.2. The van der Waals surface area contributed by atoms with E-state index in [9.17, 15) is 9.90 Å². The molecule has 0 fully saturated rings. The number of thiophene rings is 1. The summed E-state index contributed by atoms with van der Waals surface area (Å²) in [6, 6.07) is 11.0. The Labute approximate surface area is 127 Å². The van der Waals surface area contributed by atoms with Crippen LogP contribution in [0.5, 0.6) is 5.75 Å². The van der Waals surface area contributed by atoms with Gasteiger partial charge in [0.2, 0.25) is 5.91 Å². The fraction of sp³-hybridized carbons (Fsp3) is 0.267. The zero-order chi connectivity index (χ0) is 14.4. The minimum atomic E-state index is -0.180. The topological polar surface area (TPSA) is 49.3 Å². The minimum absolute atomic E-state index is 0.0231. The summed E-state index contributed by atoms with van der Waals surface area (Å²) in [4.78, 5) is 14.1. The standard InChI is InChI=1S/C15H17NO2S2/c1-11(20-14-5-2-4-12(17)10-14)15(18)16-8-7-13-6-3-9-19-13/h2-6,9-11,17H,7-8H2,1H3,(H,16,18)/t11-/m0/s1. The maximum Gasteiger partial charge on any atom is 0.233 e. The molecule has 0 saturated carbocycles. The second-order valence-electron chi connectivity index (χ2n) is 4.38. The van der Waals surface area contributed by atoms with Gasteiger partial charge in [0.25, 0.3) is 0 Å². The van der Waals surface area contributed by atoms with Gasteiger partial charge in [-0.15, -0.1) is 23.1 Å². The molecule has 0 aliphatic rings. The first-order valence-corrected chi connectivity index (χ1v) is 8.17. The number of hydrogen-bond donors (Lipinski definition) is 2. The molecule has 2 N–H and O–H groups in total. The van der Waals surface area contributed by atoms with Crippen LogP contribution in [-0.4, -0.2) is 22.8 Å². The number of hydrogen-bond acceptors (Lipinski definition) is 4. The van der Waals surface area contributed by atoms with Gasteiger partial charge in [0.05, 0.1) is 5.25 Å². The Kier molecular flexibility index (Phi) is 5.49. The average Bonchev–Trinajstić information content (AvgIpc) is 2.91. The van der Waals surface area contributed by atoms with Crippen LogP contribution in [0.2, 0.25) is 0 Å². The molecule has 1 heterocycles. The molecule has 1 aromatic heterocycles. The number of carbonyl (C=O) groups is 1. The number of benzene rings is 1. The Morgan fingerprint density at radius 2 is 2.25 bits per heavy atom. The number of carbonyl (C=O) groups excluding carboxylic acids is 1. The maximum atomic E-state index is 12.0. The van der Waals surface area contributed by atoms with Crippen molar-refractivity contribution in [3.05, 3.63) is 46.7 Å². The van der Waals surface area contributed by atoms with Crippen LogP contribution in [0, 0.1) is 0 Å². The van der Waals surface area contributed by atoms with E-state index in [0.717, 1.165) is 11.3 Å². The summed E-state index contributed by atoms with van der Waals surface area (Å²) in [5, 5.41) is 14.2. The molecule has 20 heavy (non-hydrogen) atoms. The van der Waals surface area contributed by atoms with Gasteiger partial charge in [0.1, 0.15) is 5.75 Å². The molecule has 1 atom stereocenters. The van der Waals surface area contributed by atoms with Gasteiger partial charge in [-0.1, -0.05) is 12.1 Å². The van der Waals surface area contributed by atoms with Gasteiger partial charge in [0.15, 0.2) is 0 Å². The summed E-state index contributed by atoms with van der Waals surface area (Å²) in [5.41, 5.74) is 0. The Morgan fingerprint density at radius 1 is 1.40 bits per heavy atom. The van der Waals surface area contributed by atoms with Crippen molar-refractivity contribution in [3.8, 4) is 5.75 Å². The predicted molar refractivity (Wildman–Crippen MR) is 84.5 cm³/mol. The van der Waals surface area contributed by atoms with Crippen LogP contribution in [0.15, 0.2) is 46.7 Å². The van der Waals surface area contributed by atoms with E-state index in [2.05, 4.69) is 11.4 Å². The first-order valence-electron chi connectivity index (χ1n) is 6.41. The summed E-state index contributed by atoms with van der Waals surface area (Å²) in [7, 11) is 0. The second kappa shape index (κ2) is 7.36. The quantitative estimate of drug-likeness (QED) is 0.805. The molecule has 5 heteroatoms. The van der Waals surface area contributed by atoms with Gasteiger partial charge in [-0.25, -0.2) is 0 Å². The first kappa shape index (κ1) is 14.9. The van der Waals surface area contributed by atoms with Gasteiger partial charge in [-0.05, 0) is 43.0 Å². The van der Waals surface area contributed by atoms with Crippen molar-refractivity contribution in [1.29, 1.82) is 0 Å². The van der Waals surface area contributed by atoms with E-state index in [4.69, 9.17) is 0 Å². The van der Waals surface area contributed by atoms with Crippen molar-refractivity contribution in [1.82, 2.24) is 5.32 Å². The monoisotopic (exact) mass is 307 g/mol. The van der Waals surface area contributed by atoms with Crippen molar-refractivity contribution >= 4 is 29.0 Å². The second-order valence-corrected chi connectivity index (χ2v) is 6.82. The van der Waals surface area contributed by atoms with E-state index in [0.29, 0.717) is 6.54 Å². The van der Waals surface area contributed by atoms with Gasteiger partial charge in [-0.3, -0.25) is 4.79 Å². The molecule has 2 aromatic rings. The molecule has 0 saturated heterocycles. The molecule has 0 bridgehead atoms. The largest absolute Gasteiger partial charge is 0.508 e. The molecular formula is C15H17NO2S2. The molecule has 2 rings (SSSR count). The third-order valence-electron chi connectivity index (χ3n) is 2.75. The summed E-state index contributed by atoms with van der Waals surface area (Å²) in [5.74, 6) is 0.246. The Hall–Kier alpha value is -1.46. The van der Waals surface area contributed by atoms with Crippen molar-refractivity contribution in [2.45, 2.75) is 23.5 Å². The number of phenols is 1. The van der Waals surface area contributed by atoms with Crippen LogP contribution in [0.1, 0.15) is 11.8 Å². The third kappa shape index (κ3) is 4.58. The van der Waals surface area contributed by atoms with E-state index in [1.165, 1.54) is 16.6 Å². The molecule has 0 aliphatic heterocycles. The molecule has 0 aliphatic carbocycles. The first-order chi connectivity index (χ1) is 9.65. The fourth-order valence-corrected chi connectivity index (χ4v) is 3.38. The zero-order valence-corrected chi connectivity index (χ0v) is 12.8. The number of phenolic OH excluding ortho intramolecular Hbond substituents is 1. The summed E-state index contributed by atoms with van der Waals surface area (Å²) in [6.07, 6.45) is 0.868. The highest BCUT2D eigenvalue weighted by atomic mass is 32.2. The lowest BCUT2D eigenvalue weighted by molar-refractivity contribution is -0.120. The lowest BCUT2D eigenvalue weighted by atomic mass is 10.3. The summed E-state index contributed by atoms with van der Waals surface area (Å²) in [6.45, 7) is 2.53. The Bertz CT molecular complexity index is 555. The third-order valence-corrected chi connectivity index (χ3v) is 4.78. The summed E-state index contributed by atoms with van der Waals surface area (Å²) >= 11 is 3.15. The normalized spacial score (nSPS) is 12.1. The van der Waals surface area contributed by atoms with Crippen LogP contribution in [0.4, 0.5) is 0 Å². The van der Waals surface area contributed by atoms with E-state index < -0.39 is 0 Å². The lowest BCUT2D eigenvalue weighted by Crippen LogP contribution is -2.32. The number of aromatic hydroxyl groups is 1. The van der Waals surface area contributed by atoms with Crippen LogP contribution in [0.3, 0.4) is 0 Å².